The summed E-state index contributed by atoms with van der Waals surface area (Å²) in [6.07, 6.45) is -1.11. The lowest BCUT2D eigenvalue weighted by Crippen LogP contribution is -2.31. The molecule has 1 unspecified atom stereocenters. The summed E-state index contributed by atoms with van der Waals surface area (Å²) >= 11 is 0. The fraction of sp³-hybridized carbons (Fsp3) is 0.556. The number of halogens is 1. The summed E-state index contributed by atoms with van der Waals surface area (Å²) in [5.41, 5.74) is -1.16. The average molecular weight is 246 g/mol. The minimum absolute atomic E-state index is 0.125. The van der Waals surface area contributed by atoms with Crippen LogP contribution in [0.15, 0.2) is 21.9 Å². The average Bonchev–Trinajstić information content (AvgIpc) is 2.60. The van der Waals surface area contributed by atoms with Gasteiger partial charge in [-0.3, -0.25) is 14.3 Å². The summed E-state index contributed by atoms with van der Waals surface area (Å²) in [4.78, 5) is 27.8. The second-order valence-corrected chi connectivity index (χ2v) is 3.73. The van der Waals surface area contributed by atoms with Gasteiger partial charge in [0.2, 0.25) is 0 Å². The van der Waals surface area contributed by atoms with Gasteiger partial charge >= 0.3 is 5.69 Å². The first kappa shape index (κ1) is 12.0. The fourth-order valence-corrected chi connectivity index (χ4v) is 1.75. The van der Waals surface area contributed by atoms with E-state index >= 15 is 0 Å². The Hall–Kier alpha value is -1.51. The minimum Gasteiger partial charge on any atom is -0.390 e. The van der Waals surface area contributed by atoms with Gasteiger partial charge in [-0.15, -0.1) is 0 Å². The van der Waals surface area contributed by atoms with Crippen molar-refractivity contribution in [2.24, 2.45) is 0 Å². The number of rotatable bonds is 3. The van der Waals surface area contributed by atoms with Crippen molar-refractivity contribution in [3.63, 3.8) is 0 Å². The summed E-state index contributed by atoms with van der Waals surface area (Å²) in [7, 11) is 0. The lowest BCUT2D eigenvalue weighted by Gasteiger charge is -2.13. The van der Waals surface area contributed by atoms with Gasteiger partial charge in [-0.05, 0) is 4.53 Å². The number of aliphatic hydroxyl groups is 1. The second-order valence-electron chi connectivity index (χ2n) is 3.73. The van der Waals surface area contributed by atoms with E-state index in [1.165, 1.54) is 6.20 Å². The molecule has 0 aliphatic carbocycles. The predicted molar refractivity (Wildman–Crippen MR) is 52.9 cm³/mol. The zero-order chi connectivity index (χ0) is 12.4. The topological polar surface area (TPSA) is 93.6 Å². The van der Waals surface area contributed by atoms with Gasteiger partial charge in [0.25, 0.3) is 5.56 Å². The maximum atomic E-state index is 11.7. The predicted octanol–water partition coefficient (Wildman–Crippen LogP) is -0.914. The molecule has 0 saturated carbocycles. The molecule has 17 heavy (non-hydrogen) atoms. The summed E-state index contributed by atoms with van der Waals surface area (Å²) in [5, 5.41) is 9.54. The van der Waals surface area contributed by atoms with E-state index in [4.69, 9.17) is 4.74 Å². The van der Waals surface area contributed by atoms with Gasteiger partial charge in [0.05, 0.1) is 6.10 Å². The highest BCUT2D eigenvalue weighted by Crippen LogP contribution is 2.27. The highest BCUT2D eigenvalue weighted by atomic mass is 19.3. The Balaban J connectivity index is 2.19. The van der Waals surface area contributed by atoms with Gasteiger partial charge in [0.1, 0.15) is 18.9 Å². The molecule has 0 bridgehead atoms. The van der Waals surface area contributed by atoms with Crippen molar-refractivity contribution < 1.29 is 19.3 Å². The first-order chi connectivity index (χ1) is 8.11. The maximum absolute atomic E-state index is 11.7. The Morgan fingerprint density at radius 2 is 2.41 bits per heavy atom. The number of ether oxygens (including phenoxy) is 1. The van der Waals surface area contributed by atoms with Crippen molar-refractivity contribution in [2.75, 3.05) is 6.61 Å². The van der Waals surface area contributed by atoms with E-state index < -0.39 is 36.3 Å². The van der Waals surface area contributed by atoms with E-state index in [-0.39, 0.29) is 6.42 Å². The van der Waals surface area contributed by atoms with E-state index in [2.05, 4.69) is 9.93 Å². The Labute approximate surface area is 94.3 Å². The molecule has 1 aromatic rings. The van der Waals surface area contributed by atoms with Crippen LogP contribution in [0.25, 0.3) is 0 Å². The van der Waals surface area contributed by atoms with Gasteiger partial charge in [0.15, 0.2) is 0 Å². The van der Waals surface area contributed by atoms with Crippen LogP contribution in [0.2, 0.25) is 0 Å². The molecule has 2 N–H and O–H groups in total. The van der Waals surface area contributed by atoms with Crippen LogP contribution in [0.5, 0.6) is 0 Å². The SMILES string of the molecule is O=c1ccn([C@@H]2CC(O)[C@H](COF)O2)c(=O)[nH]1. The van der Waals surface area contributed by atoms with Crippen LogP contribution < -0.4 is 11.2 Å². The van der Waals surface area contributed by atoms with E-state index in [9.17, 15) is 19.2 Å². The Kier molecular flexibility index (Phi) is 3.36. The Bertz CT molecular complexity index is 499. The second kappa shape index (κ2) is 4.78. The zero-order valence-corrected chi connectivity index (χ0v) is 8.71. The molecule has 0 radical (unpaired) electrons. The molecule has 1 aliphatic heterocycles. The molecule has 0 spiro atoms. The van der Waals surface area contributed by atoms with Crippen molar-refractivity contribution in [3.05, 3.63) is 33.1 Å². The molecule has 1 saturated heterocycles. The molecule has 8 heteroatoms. The summed E-state index contributed by atoms with van der Waals surface area (Å²) in [6.45, 7) is -0.407. The molecule has 2 heterocycles. The normalized spacial score (nSPS) is 28.5. The quantitative estimate of drug-likeness (QED) is 0.719. The van der Waals surface area contributed by atoms with E-state index in [1.54, 1.807) is 0 Å². The number of hydrogen-bond donors (Lipinski definition) is 2. The van der Waals surface area contributed by atoms with Crippen LogP contribution in [-0.2, 0) is 9.68 Å². The van der Waals surface area contributed by atoms with E-state index in [0.717, 1.165) is 10.6 Å². The third-order valence-corrected chi connectivity index (χ3v) is 2.59. The number of aliphatic hydroxyl groups excluding tert-OH is 1. The Morgan fingerprint density at radius 3 is 3.06 bits per heavy atom. The van der Waals surface area contributed by atoms with Crippen LogP contribution >= 0.6 is 0 Å². The molecular weight excluding hydrogens is 235 g/mol. The number of aromatic nitrogens is 2. The van der Waals surface area contributed by atoms with Crippen LogP contribution in [0.4, 0.5) is 4.53 Å². The Morgan fingerprint density at radius 1 is 1.65 bits per heavy atom. The number of hydrogen-bond acceptors (Lipinski definition) is 5. The van der Waals surface area contributed by atoms with Crippen LogP contribution in [0, 0.1) is 0 Å². The standard InChI is InChI=1S/C9H11FN2O5/c10-16-4-6-5(13)3-8(17-6)12-2-1-7(14)11-9(12)15/h1-2,5-6,8,13H,3-4H2,(H,11,14,15)/t5?,6-,8-/m0/s1. The maximum Gasteiger partial charge on any atom is 0.330 e. The molecular formula is C9H11FN2O5. The van der Waals surface area contributed by atoms with Crippen molar-refractivity contribution >= 4 is 0 Å². The van der Waals surface area contributed by atoms with E-state index in [1.807, 2.05) is 0 Å². The molecule has 2 rings (SSSR count). The summed E-state index contributed by atoms with van der Waals surface area (Å²) in [6, 6.07) is 1.16. The van der Waals surface area contributed by atoms with Crippen molar-refractivity contribution in [1.29, 1.82) is 0 Å². The van der Waals surface area contributed by atoms with Gasteiger partial charge < -0.3 is 9.84 Å². The largest absolute Gasteiger partial charge is 0.390 e. The first-order valence-corrected chi connectivity index (χ1v) is 5.00. The number of H-pyrrole nitrogens is 1. The molecule has 1 aromatic heterocycles. The molecule has 1 fully saturated rings. The monoisotopic (exact) mass is 246 g/mol. The number of nitrogens with one attached hydrogen (secondary N) is 1. The van der Waals surface area contributed by atoms with Gasteiger partial charge in [-0.1, -0.05) is 0 Å². The smallest absolute Gasteiger partial charge is 0.330 e. The summed E-state index contributed by atoms with van der Waals surface area (Å²) < 4.78 is 18.0. The van der Waals surface area contributed by atoms with Crippen LogP contribution in [0.3, 0.4) is 0 Å². The van der Waals surface area contributed by atoms with Gasteiger partial charge in [0, 0.05) is 18.7 Å². The first-order valence-electron chi connectivity index (χ1n) is 5.00. The molecule has 7 nitrogen and oxygen atoms in total. The van der Waals surface area contributed by atoms with Crippen molar-refractivity contribution in [3.8, 4) is 0 Å². The summed E-state index contributed by atoms with van der Waals surface area (Å²) in [5.74, 6) is 0. The lowest BCUT2D eigenvalue weighted by atomic mass is 10.2. The van der Waals surface area contributed by atoms with Crippen molar-refractivity contribution in [2.45, 2.75) is 24.9 Å². The minimum atomic E-state index is -0.922. The van der Waals surface area contributed by atoms with Crippen molar-refractivity contribution in [1.82, 2.24) is 9.55 Å². The molecule has 3 atom stereocenters. The van der Waals surface area contributed by atoms with Crippen LogP contribution in [-0.4, -0.2) is 33.5 Å². The third kappa shape index (κ3) is 2.43. The fourth-order valence-electron chi connectivity index (χ4n) is 1.75. The lowest BCUT2D eigenvalue weighted by molar-refractivity contribution is -0.176. The number of aromatic amines is 1. The van der Waals surface area contributed by atoms with Crippen LogP contribution in [0.1, 0.15) is 12.6 Å². The van der Waals surface area contributed by atoms with E-state index in [0.29, 0.717) is 0 Å². The molecule has 1 aliphatic rings. The third-order valence-electron chi connectivity index (χ3n) is 2.59. The molecule has 0 aromatic carbocycles. The molecule has 94 valence electrons. The molecule has 0 amide bonds. The zero-order valence-electron chi connectivity index (χ0n) is 8.71. The highest BCUT2D eigenvalue weighted by molar-refractivity contribution is 4.88. The highest BCUT2D eigenvalue weighted by Gasteiger charge is 2.35. The van der Waals surface area contributed by atoms with Gasteiger partial charge in [-0.25, -0.2) is 4.79 Å². The number of nitrogens with zero attached hydrogens (tertiary/aromatic N) is 1. The van der Waals surface area contributed by atoms with Gasteiger partial charge in [-0.2, -0.15) is 4.94 Å².